The number of thiol groups is 1. The van der Waals surface area contributed by atoms with Crippen molar-refractivity contribution >= 4 is 48.0 Å². The Bertz CT molecular complexity index is 761. The average Bonchev–Trinajstić information content (AvgIpc) is 3.05. The topological polar surface area (TPSA) is 145 Å². The fourth-order valence-electron chi connectivity index (χ4n) is 2.74. The van der Waals surface area contributed by atoms with Gasteiger partial charge in [0.1, 0.15) is 6.61 Å². The summed E-state index contributed by atoms with van der Waals surface area (Å²) < 4.78 is 5.33. The van der Waals surface area contributed by atoms with Gasteiger partial charge < -0.3 is 20.7 Å². The lowest BCUT2D eigenvalue weighted by atomic mass is 10.2. The third-order valence-electron chi connectivity index (χ3n) is 4.14. The largest absolute Gasteiger partial charge is 0.445 e. The lowest BCUT2D eigenvalue weighted by Crippen LogP contribution is -2.38. The van der Waals surface area contributed by atoms with E-state index >= 15 is 0 Å². The van der Waals surface area contributed by atoms with Gasteiger partial charge in [0, 0.05) is 35.7 Å². The van der Waals surface area contributed by atoms with E-state index in [1.165, 1.54) is 36.0 Å². The summed E-state index contributed by atoms with van der Waals surface area (Å²) >= 11 is 5.78. The van der Waals surface area contributed by atoms with Crippen LogP contribution in [0.2, 0.25) is 0 Å². The number of benzene rings is 1. The predicted octanol–water partition coefficient (Wildman–Crippen LogP) is 0.939. The van der Waals surface area contributed by atoms with Crippen molar-refractivity contribution in [3.8, 4) is 0 Å². The van der Waals surface area contributed by atoms with Crippen molar-refractivity contribution in [3.05, 3.63) is 39.9 Å². The number of primary amides is 1. The summed E-state index contributed by atoms with van der Waals surface area (Å²) in [7, 11) is 0. The molecular formula is C17H22N4O6S2. The summed E-state index contributed by atoms with van der Waals surface area (Å²) in [6.45, 7) is 0.226. The second kappa shape index (κ2) is 10.9. The van der Waals surface area contributed by atoms with E-state index in [1.807, 2.05) is 0 Å². The molecule has 1 saturated heterocycles. The van der Waals surface area contributed by atoms with Gasteiger partial charge in [-0.2, -0.15) is 12.6 Å². The van der Waals surface area contributed by atoms with Gasteiger partial charge in [-0.15, -0.1) is 11.8 Å². The first-order chi connectivity index (χ1) is 13.8. The number of nitrogens with zero attached hydrogens (tertiary/aromatic N) is 2. The number of ether oxygens (including phenoxy) is 1. The molecule has 0 aliphatic carbocycles. The third-order valence-corrected chi connectivity index (χ3v) is 5.60. The molecule has 2 atom stereocenters. The fraction of sp³-hybridized carbons (Fsp3) is 0.471. The van der Waals surface area contributed by atoms with Crippen LogP contribution in [-0.4, -0.2) is 63.6 Å². The summed E-state index contributed by atoms with van der Waals surface area (Å²) in [5.41, 5.74) is 5.58. The standard InChI is InChI=1S/C17H22N4O6S2/c18-15(22)6-19-16(23)10-29-9-13-5-14(28)7-20(13)17(24)27-8-11-1-3-12(4-2-11)21(25)26/h1-4,13-14,28H,5-10H2,(H2,18,22)(H,19,23)/t13-,14-/m0/s1. The maximum atomic E-state index is 12.4. The van der Waals surface area contributed by atoms with Crippen LogP contribution in [0, 0.1) is 10.1 Å². The second-order valence-electron chi connectivity index (χ2n) is 6.43. The van der Waals surface area contributed by atoms with E-state index in [9.17, 15) is 24.5 Å². The van der Waals surface area contributed by atoms with Crippen LogP contribution in [0.3, 0.4) is 0 Å². The summed E-state index contributed by atoms with van der Waals surface area (Å²) in [6.07, 6.45) is 0.176. The molecule has 0 radical (unpaired) electrons. The molecule has 1 fully saturated rings. The molecule has 1 aliphatic heterocycles. The highest BCUT2D eigenvalue weighted by Gasteiger charge is 2.34. The van der Waals surface area contributed by atoms with E-state index < -0.39 is 16.9 Å². The maximum Gasteiger partial charge on any atom is 0.410 e. The van der Waals surface area contributed by atoms with Crippen LogP contribution in [0.5, 0.6) is 0 Å². The number of nitrogens with two attached hydrogens (primary N) is 1. The minimum atomic E-state index is -0.612. The molecule has 1 heterocycles. The summed E-state index contributed by atoms with van der Waals surface area (Å²) in [4.78, 5) is 46.5. The number of nitro groups is 1. The highest BCUT2D eigenvalue weighted by atomic mass is 32.2. The average molecular weight is 443 g/mol. The lowest BCUT2D eigenvalue weighted by molar-refractivity contribution is -0.384. The Labute approximate surface area is 177 Å². The Morgan fingerprint density at radius 1 is 1.34 bits per heavy atom. The van der Waals surface area contributed by atoms with Gasteiger partial charge in [-0.3, -0.25) is 19.7 Å². The molecule has 0 bridgehead atoms. The van der Waals surface area contributed by atoms with Gasteiger partial charge in [-0.05, 0) is 24.1 Å². The fourth-order valence-corrected chi connectivity index (χ4v) is 4.15. The van der Waals surface area contributed by atoms with Crippen LogP contribution >= 0.6 is 24.4 Å². The number of nitro benzene ring substituents is 1. The molecule has 2 rings (SSSR count). The second-order valence-corrected chi connectivity index (χ2v) is 8.19. The number of hydrogen-bond donors (Lipinski definition) is 3. The van der Waals surface area contributed by atoms with Gasteiger partial charge in [0.05, 0.1) is 17.2 Å². The highest BCUT2D eigenvalue weighted by molar-refractivity contribution is 8.00. The number of amides is 3. The Balaban J connectivity index is 1.80. The van der Waals surface area contributed by atoms with E-state index in [2.05, 4.69) is 17.9 Å². The molecule has 29 heavy (non-hydrogen) atoms. The van der Waals surface area contributed by atoms with Crippen LogP contribution in [0.25, 0.3) is 0 Å². The zero-order valence-electron chi connectivity index (χ0n) is 15.5. The number of thioether (sulfide) groups is 1. The van der Waals surface area contributed by atoms with Gasteiger partial charge in [0.25, 0.3) is 5.69 Å². The quantitative estimate of drug-likeness (QED) is 0.293. The first-order valence-electron chi connectivity index (χ1n) is 8.73. The van der Waals surface area contributed by atoms with Crippen molar-refractivity contribution in [1.29, 1.82) is 0 Å². The summed E-state index contributed by atoms with van der Waals surface area (Å²) in [5.74, 6) is -0.249. The third kappa shape index (κ3) is 7.46. The van der Waals surface area contributed by atoms with Crippen molar-refractivity contribution in [2.24, 2.45) is 5.73 Å². The Morgan fingerprint density at radius 2 is 2.03 bits per heavy atom. The van der Waals surface area contributed by atoms with Crippen molar-refractivity contribution < 1.29 is 24.0 Å². The first-order valence-corrected chi connectivity index (χ1v) is 10.4. The van der Waals surface area contributed by atoms with Crippen molar-refractivity contribution in [2.45, 2.75) is 24.3 Å². The summed E-state index contributed by atoms with van der Waals surface area (Å²) in [6, 6.07) is 5.65. The smallest absolute Gasteiger partial charge is 0.410 e. The molecule has 1 aromatic carbocycles. The number of likely N-dealkylation sites (tertiary alicyclic amines) is 1. The number of non-ortho nitro benzene ring substituents is 1. The van der Waals surface area contributed by atoms with Crippen molar-refractivity contribution in [1.82, 2.24) is 10.2 Å². The maximum absolute atomic E-state index is 12.4. The molecular weight excluding hydrogens is 420 g/mol. The van der Waals surface area contributed by atoms with E-state index in [-0.39, 0.29) is 41.8 Å². The Hall–Kier alpha value is -2.47. The van der Waals surface area contributed by atoms with E-state index in [0.717, 1.165) is 0 Å². The van der Waals surface area contributed by atoms with Crippen LogP contribution in [0.1, 0.15) is 12.0 Å². The molecule has 1 aromatic rings. The minimum Gasteiger partial charge on any atom is -0.445 e. The van der Waals surface area contributed by atoms with Crippen LogP contribution < -0.4 is 11.1 Å². The molecule has 158 valence electrons. The zero-order chi connectivity index (χ0) is 21.4. The Kier molecular flexibility index (Phi) is 8.58. The SMILES string of the molecule is NC(=O)CNC(=O)CSC[C@@H]1C[C@H](S)CN1C(=O)OCc1ccc([N+](=O)[O-])cc1. The molecule has 10 nitrogen and oxygen atoms in total. The number of carbonyl (C=O) groups is 3. The van der Waals surface area contributed by atoms with Gasteiger partial charge >= 0.3 is 6.09 Å². The lowest BCUT2D eigenvalue weighted by Gasteiger charge is -2.23. The van der Waals surface area contributed by atoms with E-state index in [1.54, 1.807) is 4.90 Å². The summed E-state index contributed by atoms with van der Waals surface area (Å²) in [5, 5.41) is 13.1. The highest BCUT2D eigenvalue weighted by Crippen LogP contribution is 2.26. The number of rotatable bonds is 9. The normalized spacial score (nSPS) is 18.3. The predicted molar refractivity (Wildman–Crippen MR) is 111 cm³/mol. The molecule has 0 spiro atoms. The van der Waals surface area contributed by atoms with Crippen molar-refractivity contribution in [2.75, 3.05) is 24.6 Å². The monoisotopic (exact) mass is 442 g/mol. The van der Waals surface area contributed by atoms with Crippen LogP contribution in [0.15, 0.2) is 24.3 Å². The first kappa shape index (κ1) is 22.8. The van der Waals surface area contributed by atoms with E-state index in [4.69, 9.17) is 10.5 Å². The molecule has 0 saturated carbocycles. The number of hydrogen-bond acceptors (Lipinski definition) is 8. The molecule has 1 aliphatic rings. The van der Waals surface area contributed by atoms with Crippen LogP contribution in [0.4, 0.5) is 10.5 Å². The zero-order valence-corrected chi connectivity index (χ0v) is 17.2. The Morgan fingerprint density at radius 3 is 2.66 bits per heavy atom. The molecule has 12 heteroatoms. The van der Waals surface area contributed by atoms with Crippen LogP contribution in [-0.2, 0) is 20.9 Å². The van der Waals surface area contributed by atoms with Gasteiger partial charge in [-0.1, -0.05) is 0 Å². The van der Waals surface area contributed by atoms with Gasteiger partial charge in [-0.25, -0.2) is 4.79 Å². The van der Waals surface area contributed by atoms with E-state index in [0.29, 0.717) is 24.3 Å². The number of nitrogens with one attached hydrogen (secondary N) is 1. The van der Waals surface area contributed by atoms with Gasteiger partial charge in [0.2, 0.25) is 11.8 Å². The molecule has 0 aromatic heterocycles. The molecule has 3 N–H and O–H groups in total. The van der Waals surface area contributed by atoms with Crippen molar-refractivity contribution in [3.63, 3.8) is 0 Å². The minimum absolute atomic E-state index is 0.0000478. The molecule has 3 amide bonds. The van der Waals surface area contributed by atoms with Gasteiger partial charge in [0.15, 0.2) is 0 Å². The number of carbonyl (C=O) groups excluding carboxylic acids is 3. The molecule has 0 unspecified atom stereocenters.